The Labute approximate surface area is 92.6 Å². The Hall–Kier alpha value is 0.779. The van der Waals surface area contributed by atoms with Gasteiger partial charge >= 0.3 is 46.8 Å². The predicted octanol–water partition coefficient (Wildman–Crippen LogP) is -5.76. The average Bonchev–Trinajstić information content (AvgIpc) is 1.25. The van der Waals surface area contributed by atoms with E-state index in [1.807, 2.05) is 0 Å². The molecule has 10 heteroatoms. The molecule has 0 heterocycles. The molecule has 0 fully saturated rings. The first-order chi connectivity index (χ1) is 3.46. The van der Waals surface area contributed by atoms with Gasteiger partial charge in [0.05, 0.1) is 0 Å². The van der Waals surface area contributed by atoms with Crippen LogP contribution in [0.25, 0.3) is 0 Å². The van der Waals surface area contributed by atoms with Crippen LogP contribution in [0.4, 0.5) is 0 Å². The third kappa shape index (κ3) is 875. The second-order valence-electron chi connectivity index (χ2n) is 0.500. The zero-order chi connectivity index (χ0) is 7.15. The minimum absolute atomic E-state index is 0. The fraction of sp³-hybridized carbons (Fsp3) is 0. The van der Waals surface area contributed by atoms with E-state index in [1.165, 1.54) is 0 Å². The third-order valence-electron chi connectivity index (χ3n) is 0. The van der Waals surface area contributed by atoms with Gasteiger partial charge in [-0.3, -0.25) is 0 Å². The second kappa shape index (κ2) is 16.4. The SMILES string of the molecule is O=[Si]([O-])[O-].O=[Si]([O-])[O-].[Cd+2].[Zn+2]. The van der Waals surface area contributed by atoms with Gasteiger partial charge in [0.25, 0.3) is 0 Å². The van der Waals surface area contributed by atoms with Crippen LogP contribution in [0.5, 0.6) is 0 Å². The molecule has 0 aliphatic rings. The number of hydrogen-bond acceptors (Lipinski definition) is 6. The molecule has 0 rings (SSSR count). The largest absolute Gasteiger partial charge is 2.00 e. The first kappa shape index (κ1) is 22.4. The van der Waals surface area contributed by atoms with Crippen molar-refractivity contribution >= 4 is 18.3 Å². The number of rotatable bonds is 0. The maximum absolute atomic E-state index is 8.52. The third-order valence-corrected chi connectivity index (χ3v) is 0. The minimum Gasteiger partial charge on any atom is -0.672 e. The standard InChI is InChI=1S/Cd.2O3Si.Zn/c;2*1-4(2)3;/q+2;2*-2;+2. The van der Waals surface area contributed by atoms with Crippen molar-refractivity contribution < 1.29 is 74.9 Å². The fourth-order valence-electron chi connectivity index (χ4n) is 0. The van der Waals surface area contributed by atoms with E-state index >= 15 is 0 Å². The molecule has 0 saturated heterocycles. The predicted molar refractivity (Wildman–Crippen MR) is 12.9 cm³/mol. The van der Waals surface area contributed by atoms with Crippen molar-refractivity contribution in [3.63, 3.8) is 0 Å². The Balaban J connectivity index is -0.0000000300. The Morgan fingerprint density at radius 1 is 0.800 bits per heavy atom. The summed E-state index contributed by atoms with van der Waals surface area (Å²) in [6, 6.07) is 0. The molecule has 0 N–H and O–H groups in total. The van der Waals surface area contributed by atoms with Gasteiger partial charge in [0.1, 0.15) is 0 Å². The van der Waals surface area contributed by atoms with Gasteiger partial charge in [-0.2, -0.15) is 0 Å². The van der Waals surface area contributed by atoms with E-state index in [2.05, 4.69) is 0 Å². The van der Waals surface area contributed by atoms with Crippen LogP contribution in [-0.2, 0) is 55.7 Å². The average molecular weight is 330 g/mol. The summed E-state index contributed by atoms with van der Waals surface area (Å²) in [5.74, 6) is 0. The summed E-state index contributed by atoms with van der Waals surface area (Å²) in [5.41, 5.74) is 0. The first-order valence-electron chi connectivity index (χ1n) is 1.22. The van der Waals surface area contributed by atoms with Gasteiger partial charge in [0.15, 0.2) is 0 Å². The van der Waals surface area contributed by atoms with Gasteiger partial charge in [0.2, 0.25) is 0 Å². The Morgan fingerprint density at radius 3 is 0.800 bits per heavy atom. The molecule has 0 aliphatic carbocycles. The molecule has 0 saturated carbocycles. The smallest absolute Gasteiger partial charge is 0.672 e. The summed E-state index contributed by atoms with van der Waals surface area (Å²) >= 11 is 0. The normalized spacial score (nSPS) is 4.80. The van der Waals surface area contributed by atoms with Gasteiger partial charge < -0.3 is 28.1 Å². The number of hydrogen-bond donors (Lipinski definition) is 0. The van der Waals surface area contributed by atoms with Crippen LogP contribution < -0.4 is 19.2 Å². The van der Waals surface area contributed by atoms with Gasteiger partial charge in [-0.25, -0.2) is 0 Å². The van der Waals surface area contributed by atoms with Crippen molar-refractivity contribution in [1.29, 1.82) is 0 Å². The van der Waals surface area contributed by atoms with Crippen LogP contribution in [0.15, 0.2) is 0 Å². The van der Waals surface area contributed by atoms with Crippen LogP contribution in [-0.4, -0.2) is 18.3 Å². The maximum atomic E-state index is 8.52. The van der Waals surface area contributed by atoms with Gasteiger partial charge in [-0.05, 0) is 0 Å². The van der Waals surface area contributed by atoms with Crippen molar-refractivity contribution in [1.82, 2.24) is 0 Å². The van der Waals surface area contributed by atoms with E-state index in [9.17, 15) is 0 Å². The summed E-state index contributed by atoms with van der Waals surface area (Å²) in [6.45, 7) is 0. The van der Waals surface area contributed by atoms with Crippen molar-refractivity contribution in [3.8, 4) is 0 Å². The molecule has 0 aromatic carbocycles. The van der Waals surface area contributed by atoms with Crippen LogP contribution >= 0.6 is 0 Å². The zero-order valence-electron chi connectivity index (χ0n) is 4.86. The van der Waals surface area contributed by atoms with Crippen LogP contribution in [0.2, 0.25) is 0 Å². The Bertz CT molecular complexity index is 73.7. The molecule has 0 atom stereocenters. The van der Waals surface area contributed by atoms with Crippen LogP contribution in [0.3, 0.4) is 0 Å². The zero-order valence-corrected chi connectivity index (χ0v) is 13.9. The van der Waals surface area contributed by atoms with Crippen LogP contribution in [0.1, 0.15) is 0 Å². The van der Waals surface area contributed by atoms with Crippen LogP contribution in [0, 0.1) is 0 Å². The minimum atomic E-state index is -3.63. The molecule has 0 spiro atoms. The van der Waals surface area contributed by atoms with E-state index in [0.29, 0.717) is 0 Å². The second-order valence-corrected chi connectivity index (χ2v) is 1.50. The summed E-state index contributed by atoms with van der Waals surface area (Å²) < 4.78 is 17.0. The molecule has 48 valence electrons. The molecule has 6 nitrogen and oxygen atoms in total. The molecule has 0 aromatic heterocycles. The van der Waals surface area contributed by atoms with E-state index in [0.717, 1.165) is 0 Å². The van der Waals surface area contributed by atoms with Gasteiger partial charge in [-0.15, -0.1) is 0 Å². The molecule has 0 unspecified atom stereocenters. The Kier molecular flexibility index (Phi) is 36.8. The molecule has 0 bridgehead atoms. The van der Waals surface area contributed by atoms with E-state index in [-0.39, 0.29) is 46.8 Å². The van der Waals surface area contributed by atoms with E-state index < -0.39 is 18.3 Å². The monoisotopic (exact) mass is 330 g/mol. The van der Waals surface area contributed by atoms with Gasteiger partial charge in [0, 0.05) is 18.3 Å². The molecular weight excluding hydrogens is 330 g/mol. The van der Waals surface area contributed by atoms with Gasteiger partial charge in [-0.1, -0.05) is 0 Å². The quantitative estimate of drug-likeness (QED) is 0.407. The van der Waals surface area contributed by atoms with Crippen molar-refractivity contribution in [2.45, 2.75) is 0 Å². The summed E-state index contributed by atoms with van der Waals surface area (Å²) in [7, 11) is -7.26. The molecule has 0 radical (unpaired) electrons. The molecular formula is CdO6Si2Zn. The first-order valence-corrected chi connectivity index (χ1v) is 3.67. The molecule has 0 amide bonds. The fourth-order valence-corrected chi connectivity index (χ4v) is 0. The van der Waals surface area contributed by atoms with E-state index in [4.69, 9.17) is 28.1 Å². The maximum Gasteiger partial charge on any atom is 2.00 e. The summed E-state index contributed by atoms with van der Waals surface area (Å²) in [5, 5.41) is 0. The van der Waals surface area contributed by atoms with E-state index in [1.54, 1.807) is 0 Å². The molecule has 0 aliphatic heterocycles. The Morgan fingerprint density at radius 2 is 0.800 bits per heavy atom. The summed E-state index contributed by atoms with van der Waals surface area (Å²) in [4.78, 5) is 34.1. The molecule has 0 aromatic rings. The summed E-state index contributed by atoms with van der Waals surface area (Å²) in [6.07, 6.45) is 0. The van der Waals surface area contributed by atoms with Crippen molar-refractivity contribution in [2.75, 3.05) is 0 Å². The topological polar surface area (TPSA) is 126 Å². The van der Waals surface area contributed by atoms with Crippen molar-refractivity contribution in [2.24, 2.45) is 0 Å². The molecule has 10 heavy (non-hydrogen) atoms. The van der Waals surface area contributed by atoms with Crippen molar-refractivity contribution in [3.05, 3.63) is 0 Å².